The average Bonchev–Trinajstić information content (AvgIpc) is 2.83. The maximum atomic E-state index is 11.8. The van der Waals surface area contributed by atoms with E-state index < -0.39 is 0 Å². The minimum atomic E-state index is 0.0538. The van der Waals surface area contributed by atoms with E-state index in [1.54, 1.807) is 12.1 Å². The first-order chi connectivity index (χ1) is 7.77. The second kappa shape index (κ2) is 5.27. The van der Waals surface area contributed by atoms with Gasteiger partial charge in [0.2, 0.25) is 5.78 Å². The highest BCUT2D eigenvalue weighted by molar-refractivity contribution is 5.94. The second-order valence-electron chi connectivity index (χ2n) is 4.32. The minimum absolute atomic E-state index is 0.0538. The van der Waals surface area contributed by atoms with Crippen LogP contribution < -0.4 is 5.32 Å². The molecule has 4 heteroatoms. The zero-order valence-corrected chi connectivity index (χ0v) is 9.61. The van der Waals surface area contributed by atoms with Gasteiger partial charge in [-0.2, -0.15) is 0 Å². The summed E-state index contributed by atoms with van der Waals surface area (Å²) in [4.78, 5) is 13.9. The van der Waals surface area contributed by atoms with Crippen molar-refractivity contribution in [3.8, 4) is 0 Å². The molecular formula is C12H18N2O2. The Morgan fingerprint density at radius 1 is 1.69 bits per heavy atom. The number of nitrogens with one attached hydrogen (secondary N) is 1. The van der Waals surface area contributed by atoms with Crippen LogP contribution in [0.5, 0.6) is 0 Å². The average molecular weight is 222 g/mol. The molecule has 1 aliphatic heterocycles. The number of ketones is 1. The first-order valence-corrected chi connectivity index (χ1v) is 5.75. The van der Waals surface area contributed by atoms with Crippen molar-refractivity contribution in [3.05, 3.63) is 24.2 Å². The van der Waals surface area contributed by atoms with E-state index in [-0.39, 0.29) is 5.78 Å². The van der Waals surface area contributed by atoms with Crippen LogP contribution in [0, 0.1) is 0 Å². The lowest BCUT2D eigenvalue weighted by Gasteiger charge is -2.30. The highest BCUT2D eigenvalue weighted by atomic mass is 16.3. The van der Waals surface area contributed by atoms with Crippen molar-refractivity contribution in [2.75, 3.05) is 26.7 Å². The van der Waals surface area contributed by atoms with Gasteiger partial charge in [0.1, 0.15) is 0 Å². The number of likely N-dealkylation sites (N-methyl/N-ethyl adjacent to an activating group) is 1. The molecule has 0 radical (unpaired) electrons. The van der Waals surface area contributed by atoms with Gasteiger partial charge in [0.05, 0.1) is 12.8 Å². The Kier molecular flexibility index (Phi) is 3.74. The summed E-state index contributed by atoms with van der Waals surface area (Å²) < 4.78 is 5.09. The third kappa shape index (κ3) is 2.71. The van der Waals surface area contributed by atoms with Crippen LogP contribution in [0.15, 0.2) is 22.8 Å². The number of piperidine rings is 1. The second-order valence-corrected chi connectivity index (χ2v) is 4.32. The summed E-state index contributed by atoms with van der Waals surface area (Å²) in [6.07, 6.45) is 3.88. The van der Waals surface area contributed by atoms with Gasteiger partial charge in [-0.1, -0.05) is 0 Å². The zero-order chi connectivity index (χ0) is 11.4. The molecule has 1 aliphatic rings. The summed E-state index contributed by atoms with van der Waals surface area (Å²) in [5.74, 6) is 0.508. The Hall–Kier alpha value is -1.13. The van der Waals surface area contributed by atoms with E-state index in [1.807, 2.05) is 7.05 Å². The van der Waals surface area contributed by atoms with Gasteiger partial charge in [-0.15, -0.1) is 0 Å². The summed E-state index contributed by atoms with van der Waals surface area (Å²) in [7, 11) is 2.00. The molecule has 0 aromatic carbocycles. The van der Waals surface area contributed by atoms with Crippen LogP contribution in [-0.2, 0) is 0 Å². The fourth-order valence-corrected chi connectivity index (χ4v) is 2.08. The van der Waals surface area contributed by atoms with E-state index in [4.69, 9.17) is 4.42 Å². The SMILES string of the molecule is CN(CC(=O)c1ccco1)[C@@H]1CCCNC1. The van der Waals surface area contributed by atoms with E-state index in [0.29, 0.717) is 18.3 Å². The molecular weight excluding hydrogens is 204 g/mol. The maximum absolute atomic E-state index is 11.8. The molecule has 0 amide bonds. The lowest BCUT2D eigenvalue weighted by Crippen LogP contribution is -2.45. The topological polar surface area (TPSA) is 45.5 Å². The van der Waals surface area contributed by atoms with E-state index in [9.17, 15) is 4.79 Å². The molecule has 1 fully saturated rings. The smallest absolute Gasteiger partial charge is 0.211 e. The molecule has 0 unspecified atom stereocenters. The van der Waals surface area contributed by atoms with Crippen LogP contribution in [0.1, 0.15) is 23.4 Å². The number of hydrogen-bond acceptors (Lipinski definition) is 4. The zero-order valence-electron chi connectivity index (χ0n) is 9.61. The van der Waals surface area contributed by atoms with Crippen molar-refractivity contribution in [1.82, 2.24) is 10.2 Å². The fraction of sp³-hybridized carbons (Fsp3) is 0.583. The third-order valence-electron chi connectivity index (χ3n) is 3.08. The lowest BCUT2D eigenvalue weighted by atomic mass is 10.1. The number of carbonyl (C=O) groups excluding carboxylic acids is 1. The molecule has 0 bridgehead atoms. The largest absolute Gasteiger partial charge is 0.461 e. The predicted octanol–water partition coefficient (Wildman–Crippen LogP) is 1.15. The number of carbonyl (C=O) groups is 1. The molecule has 88 valence electrons. The van der Waals surface area contributed by atoms with Gasteiger partial charge < -0.3 is 9.73 Å². The number of rotatable bonds is 4. The monoisotopic (exact) mass is 222 g/mol. The summed E-state index contributed by atoms with van der Waals surface area (Å²) in [6, 6.07) is 3.93. The Morgan fingerprint density at radius 2 is 2.56 bits per heavy atom. The van der Waals surface area contributed by atoms with Crippen LogP contribution in [-0.4, -0.2) is 43.4 Å². The van der Waals surface area contributed by atoms with E-state index in [1.165, 1.54) is 12.7 Å². The van der Waals surface area contributed by atoms with Crippen LogP contribution in [0.25, 0.3) is 0 Å². The summed E-state index contributed by atoms with van der Waals surface area (Å²) in [5, 5.41) is 3.35. The molecule has 2 heterocycles. The Labute approximate surface area is 95.6 Å². The van der Waals surface area contributed by atoms with Crippen molar-refractivity contribution in [3.63, 3.8) is 0 Å². The summed E-state index contributed by atoms with van der Waals surface area (Å²) in [6.45, 7) is 2.50. The summed E-state index contributed by atoms with van der Waals surface area (Å²) in [5.41, 5.74) is 0. The normalized spacial score (nSPS) is 21.2. The fourth-order valence-electron chi connectivity index (χ4n) is 2.08. The Morgan fingerprint density at radius 3 is 3.19 bits per heavy atom. The molecule has 4 nitrogen and oxygen atoms in total. The van der Waals surface area contributed by atoms with Crippen molar-refractivity contribution >= 4 is 5.78 Å². The van der Waals surface area contributed by atoms with Crippen molar-refractivity contribution < 1.29 is 9.21 Å². The predicted molar refractivity (Wildman–Crippen MR) is 61.6 cm³/mol. The number of Topliss-reactive ketones (excluding diaryl/α,β-unsaturated/α-hetero) is 1. The van der Waals surface area contributed by atoms with Gasteiger partial charge >= 0.3 is 0 Å². The highest BCUT2D eigenvalue weighted by Gasteiger charge is 2.20. The van der Waals surface area contributed by atoms with Crippen LogP contribution in [0.4, 0.5) is 0 Å². The van der Waals surface area contributed by atoms with Gasteiger partial charge in [-0.25, -0.2) is 0 Å². The van der Waals surface area contributed by atoms with E-state index >= 15 is 0 Å². The standard InChI is InChI=1S/C12H18N2O2/c1-14(10-4-2-6-13-8-10)9-11(15)12-5-3-7-16-12/h3,5,7,10,13H,2,4,6,8-9H2,1H3/t10-/m1/s1. The maximum Gasteiger partial charge on any atom is 0.211 e. The van der Waals surface area contributed by atoms with Gasteiger partial charge in [0, 0.05) is 12.6 Å². The molecule has 1 aromatic heterocycles. The molecule has 0 saturated carbocycles. The molecule has 1 N–H and O–H groups in total. The number of hydrogen-bond donors (Lipinski definition) is 1. The molecule has 1 saturated heterocycles. The lowest BCUT2D eigenvalue weighted by molar-refractivity contribution is 0.0879. The molecule has 1 aromatic rings. The van der Waals surface area contributed by atoms with Gasteiger partial charge in [0.15, 0.2) is 5.76 Å². The Bertz CT molecular complexity index is 329. The first kappa shape index (κ1) is 11.4. The van der Waals surface area contributed by atoms with Crippen molar-refractivity contribution in [2.45, 2.75) is 18.9 Å². The van der Waals surface area contributed by atoms with E-state index in [0.717, 1.165) is 19.5 Å². The molecule has 2 rings (SSSR count). The van der Waals surface area contributed by atoms with Gasteiger partial charge in [-0.3, -0.25) is 9.69 Å². The Balaban J connectivity index is 1.86. The summed E-state index contributed by atoms with van der Waals surface area (Å²) >= 11 is 0. The minimum Gasteiger partial charge on any atom is -0.461 e. The molecule has 0 spiro atoms. The number of furan rings is 1. The van der Waals surface area contributed by atoms with Crippen molar-refractivity contribution in [2.24, 2.45) is 0 Å². The van der Waals surface area contributed by atoms with Crippen LogP contribution in [0.3, 0.4) is 0 Å². The highest BCUT2D eigenvalue weighted by Crippen LogP contribution is 2.10. The molecule has 16 heavy (non-hydrogen) atoms. The van der Waals surface area contributed by atoms with E-state index in [2.05, 4.69) is 10.2 Å². The number of nitrogens with zero attached hydrogens (tertiary/aromatic N) is 1. The van der Waals surface area contributed by atoms with Gasteiger partial charge in [0.25, 0.3) is 0 Å². The quantitative estimate of drug-likeness (QED) is 0.776. The third-order valence-corrected chi connectivity index (χ3v) is 3.08. The van der Waals surface area contributed by atoms with Crippen LogP contribution >= 0.6 is 0 Å². The first-order valence-electron chi connectivity index (χ1n) is 5.75. The van der Waals surface area contributed by atoms with Crippen molar-refractivity contribution in [1.29, 1.82) is 0 Å². The van der Waals surface area contributed by atoms with Crippen LogP contribution in [0.2, 0.25) is 0 Å². The molecule has 0 aliphatic carbocycles. The van der Waals surface area contributed by atoms with Gasteiger partial charge in [-0.05, 0) is 38.6 Å². The molecule has 1 atom stereocenters.